The van der Waals surface area contributed by atoms with Crippen molar-refractivity contribution in [3.63, 3.8) is 0 Å². The molecule has 0 unspecified atom stereocenters. The summed E-state index contributed by atoms with van der Waals surface area (Å²) in [4.78, 5) is 15.2. The summed E-state index contributed by atoms with van der Waals surface area (Å²) in [6.45, 7) is 6.18. The Morgan fingerprint density at radius 2 is 1.57 bits per heavy atom. The molecule has 1 aliphatic rings. The number of hydrogen-bond acceptors (Lipinski definition) is 3. The van der Waals surface area contributed by atoms with Crippen LogP contribution in [0.25, 0.3) is 11.3 Å². The lowest BCUT2D eigenvalue weighted by molar-refractivity contribution is 0.0715. The summed E-state index contributed by atoms with van der Waals surface area (Å²) in [7, 11) is 0. The summed E-state index contributed by atoms with van der Waals surface area (Å²) < 4.78 is 1.88. The van der Waals surface area contributed by atoms with Gasteiger partial charge in [-0.05, 0) is 32.3 Å². The third-order valence-electron chi connectivity index (χ3n) is 5.61. The van der Waals surface area contributed by atoms with Crippen LogP contribution < -0.4 is 5.73 Å². The van der Waals surface area contributed by atoms with E-state index in [-0.39, 0.29) is 24.4 Å². The average Bonchev–Trinajstić information content (AvgIpc) is 3.14. The minimum Gasteiger partial charge on any atom is -0.338 e. The maximum atomic E-state index is 13.3. The molecule has 3 aromatic rings. The Labute approximate surface area is 184 Å². The van der Waals surface area contributed by atoms with Crippen molar-refractivity contribution in [2.24, 2.45) is 5.73 Å². The molecule has 0 spiro atoms. The number of halogens is 1. The van der Waals surface area contributed by atoms with Crippen molar-refractivity contribution >= 4 is 18.3 Å². The molecule has 1 aliphatic heterocycles. The Hall–Kier alpha value is -2.63. The number of amides is 1. The van der Waals surface area contributed by atoms with Gasteiger partial charge < -0.3 is 10.6 Å². The Bertz CT molecular complexity index is 987. The number of carbonyl (C=O) groups excluding carboxylic acids is 1. The zero-order valence-electron chi connectivity index (χ0n) is 17.5. The van der Waals surface area contributed by atoms with E-state index in [0.29, 0.717) is 25.2 Å². The van der Waals surface area contributed by atoms with Crippen molar-refractivity contribution in [3.8, 4) is 11.3 Å². The number of aryl methyl sites for hydroxylation is 2. The molecule has 2 heterocycles. The summed E-state index contributed by atoms with van der Waals surface area (Å²) in [6.07, 6.45) is 3.60. The first-order valence-corrected chi connectivity index (χ1v) is 10.2. The van der Waals surface area contributed by atoms with Crippen LogP contribution >= 0.6 is 12.4 Å². The SMILES string of the molecule is Cc1ccc(Cn2cc(C(=O)N3CCC(N)CC3)c(-c3ccc(C)cc3)n2)cc1.Cl. The first-order valence-electron chi connectivity index (χ1n) is 10.2. The summed E-state index contributed by atoms with van der Waals surface area (Å²) in [5.74, 6) is 0.0441. The predicted octanol–water partition coefficient (Wildman–Crippen LogP) is 4.20. The van der Waals surface area contributed by atoms with Crippen molar-refractivity contribution in [1.82, 2.24) is 14.7 Å². The molecule has 2 aromatic carbocycles. The maximum Gasteiger partial charge on any atom is 0.257 e. The third kappa shape index (κ3) is 4.91. The van der Waals surface area contributed by atoms with Crippen LogP contribution in [0.2, 0.25) is 0 Å². The van der Waals surface area contributed by atoms with E-state index < -0.39 is 0 Å². The van der Waals surface area contributed by atoms with Gasteiger partial charge in [0.25, 0.3) is 5.91 Å². The van der Waals surface area contributed by atoms with E-state index in [2.05, 4.69) is 50.2 Å². The molecule has 6 heteroatoms. The second-order valence-corrected chi connectivity index (χ2v) is 8.07. The maximum absolute atomic E-state index is 13.3. The Morgan fingerprint density at radius 1 is 1.00 bits per heavy atom. The zero-order valence-corrected chi connectivity index (χ0v) is 18.4. The van der Waals surface area contributed by atoms with Crippen molar-refractivity contribution in [2.45, 2.75) is 39.3 Å². The molecule has 0 bridgehead atoms. The number of nitrogens with zero attached hydrogens (tertiary/aromatic N) is 3. The number of rotatable bonds is 4. The zero-order chi connectivity index (χ0) is 20.4. The number of hydrogen-bond donors (Lipinski definition) is 1. The van der Waals surface area contributed by atoms with Gasteiger partial charge in [0.2, 0.25) is 0 Å². The number of aromatic nitrogens is 2. The highest BCUT2D eigenvalue weighted by Crippen LogP contribution is 2.25. The Morgan fingerprint density at radius 3 is 2.17 bits per heavy atom. The highest BCUT2D eigenvalue weighted by Gasteiger charge is 2.26. The van der Waals surface area contributed by atoms with Gasteiger partial charge in [-0.25, -0.2) is 0 Å². The molecule has 0 atom stereocenters. The van der Waals surface area contributed by atoms with Crippen molar-refractivity contribution in [1.29, 1.82) is 0 Å². The minimum atomic E-state index is 0. The number of piperidine rings is 1. The second kappa shape index (κ2) is 9.45. The molecule has 1 amide bonds. The van der Waals surface area contributed by atoms with Crippen LogP contribution in [0.4, 0.5) is 0 Å². The van der Waals surface area contributed by atoms with Crippen molar-refractivity contribution in [3.05, 3.63) is 77.0 Å². The van der Waals surface area contributed by atoms with Crippen molar-refractivity contribution < 1.29 is 4.79 Å². The second-order valence-electron chi connectivity index (χ2n) is 8.07. The van der Waals surface area contributed by atoms with E-state index in [1.54, 1.807) is 0 Å². The van der Waals surface area contributed by atoms with Gasteiger partial charge in [0.15, 0.2) is 0 Å². The molecular weight excluding hydrogens is 396 g/mol. The van der Waals surface area contributed by atoms with Crippen LogP contribution in [0.1, 0.15) is 39.9 Å². The van der Waals surface area contributed by atoms with E-state index in [0.717, 1.165) is 29.7 Å². The summed E-state index contributed by atoms with van der Waals surface area (Å²) >= 11 is 0. The van der Waals surface area contributed by atoms with E-state index in [9.17, 15) is 4.79 Å². The van der Waals surface area contributed by atoms with Gasteiger partial charge in [0.1, 0.15) is 5.69 Å². The average molecular weight is 425 g/mol. The fourth-order valence-corrected chi connectivity index (χ4v) is 3.74. The van der Waals surface area contributed by atoms with E-state index in [4.69, 9.17) is 10.8 Å². The van der Waals surface area contributed by atoms with Gasteiger partial charge in [-0.1, -0.05) is 59.7 Å². The molecule has 0 aliphatic carbocycles. The highest BCUT2D eigenvalue weighted by atomic mass is 35.5. The van der Waals surface area contributed by atoms with Crippen LogP contribution in [0, 0.1) is 13.8 Å². The first-order chi connectivity index (χ1) is 14.0. The summed E-state index contributed by atoms with van der Waals surface area (Å²) in [5, 5.41) is 4.80. The molecule has 158 valence electrons. The lowest BCUT2D eigenvalue weighted by Crippen LogP contribution is -2.42. The molecule has 4 rings (SSSR count). The topological polar surface area (TPSA) is 64.2 Å². The fourth-order valence-electron chi connectivity index (χ4n) is 3.74. The Kier molecular flexibility index (Phi) is 6.95. The lowest BCUT2D eigenvalue weighted by atomic mass is 10.0. The van der Waals surface area contributed by atoms with Crippen LogP contribution in [0.15, 0.2) is 54.7 Å². The van der Waals surface area contributed by atoms with E-state index in [1.807, 2.05) is 27.9 Å². The van der Waals surface area contributed by atoms with E-state index in [1.165, 1.54) is 11.1 Å². The van der Waals surface area contributed by atoms with Gasteiger partial charge in [-0.2, -0.15) is 5.10 Å². The summed E-state index contributed by atoms with van der Waals surface area (Å²) in [5.41, 5.74) is 12.0. The van der Waals surface area contributed by atoms with Crippen LogP contribution in [-0.2, 0) is 6.54 Å². The predicted molar refractivity (Wildman–Crippen MR) is 123 cm³/mol. The standard InChI is InChI=1S/C24H28N4O.ClH/c1-17-3-7-19(8-4-17)15-28-16-22(24(29)27-13-11-21(25)12-14-27)23(26-28)20-9-5-18(2)6-10-20;/h3-10,16,21H,11-15,25H2,1-2H3;1H. The molecule has 2 N–H and O–H groups in total. The fraction of sp³-hybridized carbons (Fsp3) is 0.333. The van der Waals surface area contributed by atoms with Crippen LogP contribution in [0.3, 0.4) is 0 Å². The van der Waals surface area contributed by atoms with Crippen molar-refractivity contribution in [2.75, 3.05) is 13.1 Å². The first kappa shape index (κ1) is 22.1. The van der Waals surface area contributed by atoms with Gasteiger partial charge in [-0.15, -0.1) is 12.4 Å². The van der Waals surface area contributed by atoms with Gasteiger partial charge >= 0.3 is 0 Å². The molecule has 1 aromatic heterocycles. The minimum absolute atomic E-state index is 0. The molecule has 0 saturated carbocycles. The smallest absolute Gasteiger partial charge is 0.257 e. The summed E-state index contributed by atoms with van der Waals surface area (Å²) in [6, 6.07) is 16.8. The quantitative estimate of drug-likeness (QED) is 0.682. The van der Waals surface area contributed by atoms with Crippen LogP contribution in [0.5, 0.6) is 0 Å². The number of benzene rings is 2. The third-order valence-corrected chi connectivity index (χ3v) is 5.61. The molecule has 30 heavy (non-hydrogen) atoms. The Balaban J connectivity index is 0.00000256. The van der Waals surface area contributed by atoms with Gasteiger partial charge in [-0.3, -0.25) is 9.48 Å². The monoisotopic (exact) mass is 424 g/mol. The van der Waals surface area contributed by atoms with Gasteiger partial charge in [0, 0.05) is 30.9 Å². The molecule has 1 saturated heterocycles. The van der Waals surface area contributed by atoms with E-state index >= 15 is 0 Å². The molecule has 1 fully saturated rings. The lowest BCUT2D eigenvalue weighted by Gasteiger charge is -2.30. The van der Waals surface area contributed by atoms with Crippen LogP contribution in [-0.4, -0.2) is 39.7 Å². The largest absolute Gasteiger partial charge is 0.338 e. The number of carbonyl (C=O) groups is 1. The molecule has 5 nitrogen and oxygen atoms in total. The number of nitrogens with two attached hydrogens (primary N) is 1. The normalized spacial score (nSPS) is 14.4. The molecule has 0 radical (unpaired) electrons. The molecular formula is C24H29ClN4O. The number of likely N-dealkylation sites (tertiary alicyclic amines) is 1. The van der Waals surface area contributed by atoms with Gasteiger partial charge in [0.05, 0.1) is 12.1 Å². The highest BCUT2D eigenvalue weighted by molar-refractivity contribution is 5.99.